The molecule has 0 unspecified atom stereocenters. The van der Waals surface area contributed by atoms with Gasteiger partial charge in [0.2, 0.25) is 15.0 Å². The Morgan fingerprint density at radius 2 is 2.05 bits per heavy atom. The highest BCUT2D eigenvalue weighted by Crippen LogP contribution is 2.22. The first-order valence-corrected chi connectivity index (χ1v) is 9.91. The molecule has 13 heteroatoms. The molecular weight excluding hydrogens is 406 g/mol. The van der Waals surface area contributed by atoms with E-state index in [-0.39, 0.29) is 20.4 Å². The van der Waals surface area contributed by atoms with Crippen molar-refractivity contribution in [2.45, 2.75) is 15.8 Å². The first-order valence-electron chi connectivity index (χ1n) is 5.27. The molecule has 0 bridgehead atoms. The molecule has 0 amide bonds. The lowest BCUT2D eigenvalue weighted by atomic mass is 10.5. The predicted octanol–water partition coefficient (Wildman–Crippen LogP) is -0.235. The van der Waals surface area contributed by atoms with Gasteiger partial charge in [-0.3, -0.25) is 0 Å². The van der Waals surface area contributed by atoms with Crippen molar-refractivity contribution < 1.29 is 16.8 Å². The van der Waals surface area contributed by atoms with Crippen LogP contribution in [0.4, 0.5) is 0 Å². The van der Waals surface area contributed by atoms with E-state index in [4.69, 9.17) is 5.14 Å². The summed E-state index contributed by atoms with van der Waals surface area (Å²) >= 11 is 3.90. The number of hydrogen-bond donors (Lipinski definition) is 2. The van der Waals surface area contributed by atoms with E-state index in [2.05, 4.69) is 31.0 Å². The highest BCUT2D eigenvalue weighted by atomic mass is 79.9. The summed E-state index contributed by atoms with van der Waals surface area (Å²) in [6.07, 6.45) is 0. The summed E-state index contributed by atoms with van der Waals surface area (Å²) in [5.74, 6) is 0. The molecule has 0 radical (unpaired) electrons. The Bertz CT molecular complexity index is 850. The van der Waals surface area contributed by atoms with Crippen LogP contribution in [-0.4, -0.2) is 31.8 Å². The van der Waals surface area contributed by atoms with E-state index in [0.717, 1.165) is 16.0 Å². The Kier molecular flexibility index (Phi) is 4.51. The van der Waals surface area contributed by atoms with Gasteiger partial charge in [-0.15, -0.1) is 16.4 Å². The average molecular weight is 416 g/mol. The molecule has 0 atom stereocenters. The third-order valence-corrected chi connectivity index (χ3v) is 7.16. The van der Waals surface area contributed by atoms with Crippen LogP contribution >= 0.6 is 27.3 Å². The van der Waals surface area contributed by atoms with Crippen molar-refractivity contribution in [2.24, 2.45) is 12.2 Å². The third-order valence-electron chi connectivity index (χ3n) is 2.35. The van der Waals surface area contributed by atoms with E-state index < -0.39 is 20.0 Å². The van der Waals surface area contributed by atoms with Crippen LogP contribution in [0.3, 0.4) is 0 Å². The van der Waals surface area contributed by atoms with Gasteiger partial charge in [-0.25, -0.2) is 31.4 Å². The van der Waals surface area contributed by atoms with Gasteiger partial charge >= 0.3 is 0 Å². The average Bonchev–Trinajstić information content (AvgIpc) is 2.93. The quantitative estimate of drug-likeness (QED) is 0.691. The fraction of sp³-hybridized carbons (Fsp3) is 0.250. The van der Waals surface area contributed by atoms with E-state index in [0.29, 0.717) is 4.88 Å². The van der Waals surface area contributed by atoms with Gasteiger partial charge in [0, 0.05) is 18.5 Å². The van der Waals surface area contributed by atoms with Gasteiger partial charge in [-0.1, -0.05) is 5.21 Å². The van der Waals surface area contributed by atoms with Gasteiger partial charge in [0.05, 0.1) is 0 Å². The summed E-state index contributed by atoms with van der Waals surface area (Å²) < 4.78 is 50.1. The lowest BCUT2D eigenvalue weighted by Crippen LogP contribution is -2.25. The van der Waals surface area contributed by atoms with Crippen molar-refractivity contribution in [3.05, 3.63) is 21.6 Å². The second-order valence-corrected chi connectivity index (χ2v) is 9.29. The fourth-order valence-corrected chi connectivity index (χ4v) is 5.35. The smallest absolute Gasteiger partial charge is 0.235 e. The maximum Gasteiger partial charge on any atom is 0.260 e. The van der Waals surface area contributed by atoms with Crippen molar-refractivity contribution in [3.8, 4) is 0 Å². The first kappa shape index (κ1) is 16.5. The summed E-state index contributed by atoms with van der Waals surface area (Å²) in [5.41, 5.74) is 0. The van der Waals surface area contributed by atoms with Crippen molar-refractivity contribution in [1.29, 1.82) is 0 Å². The predicted molar refractivity (Wildman–Crippen MR) is 78.4 cm³/mol. The summed E-state index contributed by atoms with van der Waals surface area (Å²) in [6, 6.07) is 2.81. The topological polar surface area (TPSA) is 137 Å². The number of nitrogens with two attached hydrogens (primary N) is 1. The Balaban J connectivity index is 2.18. The second kappa shape index (κ2) is 5.73. The largest absolute Gasteiger partial charge is 0.260 e. The Hall–Kier alpha value is -0.860. The number of nitrogens with zero attached hydrogens (tertiary/aromatic N) is 3. The molecule has 3 N–H and O–H groups in total. The Morgan fingerprint density at radius 1 is 1.38 bits per heavy atom. The second-order valence-electron chi connectivity index (χ2n) is 3.90. The zero-order valence-electron chi connectivity index (χ0n) is 10.5. The highest BCUT2D eigenvalue weighted by molar-refractivity contribution is 9.10. The van der Waals surface area contributed by atoms with E-state index >= 15 is 0 Å². The van der Waals surface area contributed by atoms with Crippen molar-refractivity contribution in [3.63, 3.8) is 0 Å². The third kappa shape index (κ3) is 3.67. The summed E-state index contributed by atoms with van der Waals surface area (Å²) in [5, 5.41) is 12.0. The number of rotatable bonds is 5. The summed E-state index contributed by atoms with van der Waals surface area (Å²) in [7, 11) is -6.18. The molecular formula is C8H10BrN5O4S3. The molecule has 2 aromatic heterocycles. The molecule has 0 aliphatic rings. The minimum absolute atomic E-state index is 0.0277. The molecule has 0 saturated carbocycles. The zero-order chi connectivity index (χ0) is 15.8. The van der Waals surface area contributed by atoms with E-state index in [1.165, 1.54) is 19.2 Å². The van der Waals surface area contributed by atoms with Crippen LogP contribution in [0.5, 0.6) is 0 Å². The van der Waals surface area contributed by atoms with Crippen molar-refractivity contribution in [2.75, 3.05) is 0 Å². The van der Waals surface area contributed by atoms with Gasteiger partial charge in [0.25, 0.3) is 10.0 Å². The normalized spacial score (nSPS) is 12.7. The van der Waals surface area contributed by atoms with Gasteiger partial charge in [0.15, 0.2) is 4.60 Å². The minimum atomic E-state index is -3.84. The molecule has 21 heavy (non-hydrogen) atoms. The molecule has 0 aliphatic heterocycles. The van der Waals surface area contributed by atoms with Gasteiger partial charge in [-0.05, 0) is 28.1 Å². The molecule has 9 nitrogen and oxygen atoms in total. The molecule has 0 aromatic carbocycles. The number of thiophene rings is 1. The monoisotopic (exact) mass is 415 g/mol. The van der Waals surface area contributed by atoms with Crippen LogP contribution < -0.4 is 9.86 Å². The van der Waals surface area contributed by atoms with Gasteiger partial charge < -0.3 is 0 Å². The number of primary sulfonamides is 1. The van der Waals surface area contributed by atoms with E-state index in [1.807, 2.05) is 0 Å². The van der Waals surface area contributed by atoms with Gasteiger partial charge in [0.1, 0.15) is 4.21 Å². The van der Waals surface area contributed by atoms with Gasteiger partial charge in [-0.2, -0.15) is 0 Å². The number of sulfonamides is 2. The van der Waals surface area contributed by atoms with Crippen LogP contribution in [0.1, 0.15) is 4.88 Å². The number of halogens is 1. The summed E-state index contributed by atoms with van der Waals surface area (Å²) in [6.45, 7) is -0.0693. The van der Waals surface area contributed by atoms with Crippen LogP contribution in [0.15, 0.2) is 26.0 Å². The van der Waals surface area contributed by atoms with Crippen molar-refractivity contribution in [1.82, 2.24) is 19.7 Å². The van der Waals surface area contributed by atoms with E-state index in [9.17, 15) is 16.8 Å². The molecule has 0 fully saturated rings. The first-order chi connectivity index (χ1) is 9.61. The number of aryl methyl sites for hydroxylation is 1. The van der Waals surface area contributed by atoms with E-state index in [1.54, 1.807) is 0 Å². The molecule has 116 valence electrons. The maximum atomic E-state index is 12.1. The highest BCUT2D eigenvalue weighted by Gasteiger charge is 2.24. The van der Waals surface area contributed by atoms with Crippen LogP contribution in [0, 0.1) is 0 Å². The Morgan fingerprint density at radius 3 is 2.52 bits per heavy atom. The van der Waals surface area contributed by atoms with Crippen LogP contribution in [0.25, 0.3) is 0 Å². The fourth-order valence-electron chi connectivity index (χ4n) is 1.45. The molecule has 0 aliphatic carbocycles. The molecule has 2 rings (SSSR count). The molecule has 2 heterocycles. The molecule has 2 aromatic rings. The van der Waals surface area contributed by atoms with Crippen LogP contribution in [0.2, 0.25) is 0 Å². The summed E-state index contributed by atoms with van der Waals surface area (Å²) in [4.78, 5) is 0.508. The molecule has 0 saturated heterocycles. The zero-order valence-corrected chi connectivity index (χ0v) is 14.6. The standard InChI is InChI=1S/C8H10BrN5O4S3/c1-14-8(7(9)12-13-14)21(17,18)11-4-5-2-3-6(19-5)20(10,15)16/h2-3,11H,4H2,1H3,(H2,10,15,16). The lowest BCUT2D eigenvalue weighted by molar-refractivity contribution is 0.560. The number of aromatic nitrogens is 3. The number of hydrogen-bond acceptors (Lipinski definition) is 7. The maximum absolute atomic E-state index is 12.1. The van der Waals surface area contributed by atoms with Crippen LogP contribution in [-0.2, 0) is 33.6 Å². The SMILES string of the molecule is Cn1nnc(Br)c1S(=O)(=O)NCc1ccc(S(N)(=O)=O)s1. The minimum Gasteiger partial charge on any atom is -0.235 e. The molecule has 0 spiro atoms. The Labute approximate surface area is 133 Å². The number of nitrogens with one attached hydrogen (secondary N) is 1. The lowest BCUT2D eigenvalue weighted by Gasteiger charge is -2.05. The van der Waals surface area contributed by atoms with Crippen molar-refractivity contribution >= 4 is 47.3 Å².